The van der Waals surface area contributed by atoms with E-state index in [0.29, 0.717) is 0 Å². The van der Waals surface area contributed by atoms with Crippen molar-refractivity contribution in [2.24, 2.45) is 4.99 Å². The van der Waals surface area contributed by atoms with Gasteiger partial charge in [-0.05, 0) is 10.6 Å². The molecule has 0 aromatic heterocycles. The quantitative estimate of drug-likeness (QED) is 0.569. The zero-order valence-corrected chi connectivity index (χ0v) is 6.64. The lowest BCUT2D eigenvalue weighted by Crippen LogP contribution is -1.99. The summed E-state index contributed by atoms with van der Waals surface area (Å²) in [5.41, 5.74) is 1.25. The van der Waals surface area contributed by atoms with Crippen LogP contribution in [0.25, 0.3) is 0 Å². The number of hydrogen-bond donors (Lipinski definition) is 0. The molecule has 0 saturated carbocycles. The Morgan fingerprint density at radius 1 is 1.17 bits per heavy atom. The normalized spacial score (nSPS) is 13.5. The number of nitrogens with zero attached hydrogens (tertiary/aromatic N) is 2. The molecule has 2 rings (SSSR count). The monoisotopic (exact) mass is 157 g/mol. The number of benzene rings is 1. The van der Waals surface area contributed by atoms with Crippen LogP contribution in [0.5, 0.6) is 0 Å². The summed E-state index contributed by atoms with van der Waals surface area (Å²) < 4.78 is 4.10. The minimum absolute atomic E-state index is 0.827. The zero-order valence-electron chi connectivity index (χ0n) is 6.64. The molecule has 1 aliphatic rings. The highest BCUT2D eigenvalue weighted by atomic mass is 14.9. The van der Waals surface area contributed by atoms with Crippen molar-refractivity contribution < 1.29 is 0 Å². The molecule has 0 atom stereocenters. The maximum Gasteiger partial charge on any atom is 0.394 e. The lowest BCUT2D eigenvalue weighted by molar-refractivity contribution is 1.29. The standard InChI is InChI=1S/C10H9N2/c1-2-4-9(5-3-1)8-10-11-6-7-12-10/h1-7H,8H2/q+1. The summed E-state index contributed by atoms with van der Waals surface area (Å²) in [5, 5.41) is 0. The van der Waals surface area contributed by atoms with Gasteiger partial charge in [-0.1, -0.05) is 30.3 Å². The molecule has 1 heterocycles. The van der Waals surface area contributed by atoms with E-state index in [1.165, 1.54) is 5.56 Å². The van der Waals surface area contributed by atoms with Crippen molar-refractivity contribution in [2.45, 2.75) is 6.42 Å². The molecule has 1 aromatic carbocycles. The van der Waals surface area contributed by atoms with Crippen LogP contribution in [0.15, 0.2) is 35.3 Å². The van der Waals surface area contributed by atoms with E-state index < -0.39 is 0 Å². The Bertz CT molecular complexity index is 357. The van der Waals surface area contributed by atoms with E-state index in [0.717, 1.165) is 12.3 Å². The SMILES string of the molecule is C1=NC(Cc2ccccc2)=[N+]=C1. The third-order valence-corrected chi connectivity index (χ3v) is 1.72. The summed E-state index contributed by atoms with van der Waals surface area (Å²) in [5.74, 6) is 0.890. The van der Waals surface area contributed by atoms with Crippen LogP contribution >= 0.6 is 0 Å². The Balaban J connectivity index is 2.15. The molecule has 0 fully saturated rings. The molecule has 12 heavy (non-hydrogen) atoms. The van der Waals surface area contributed by atoms with Gasteiger partial charge in [-0.15, -0.1) is 0 Å². The summed E-state index contributed by atoms with van der Waals surface area (Å²) in [7, 11) is 0. The zero-order chi connectivity index (χ0) is 8.23. The fourth-order valence-electron chi connectivity index (χ4n) is 1.14. The van der Waals surface area contributed by atoms with Gasteiger partial charge in [0.15, 0.2) is 6.21 Å². The van der Waals surface area contributed by atoms with Gasteiger partial charge in [-0.3, -0.25) is 0 Å². The molecule has 0 amide bonds. The summed E-state index contributed by atoms with van der Waals surface area (Å²) in [6.07, 6.45) is 4.27. The fraction of sp³-hybridized carbons (Fsp3) is 0.100. The molecular formula is C10H9N2+. The molecule has 0 radical (unpaired) electrons. The topological polar surface area (TPSA) is 26.5 Å². The highest BCUT2D eigenvalue weighted by Gasteiger charge is 2.10. The molecule has 0 bridgehead atoms. The van der Waals surface area contributed by atoms with Gasteiger partial charge in [0.1, 0.15) is 0 Å². The summed E-state index contributed by atoms with van der Waals surface area (Å²) >= 11 is 0. The van der Waals surface area contributed by atoms with E-state index in [-0.39, 0.29) is 0 Å². The highest BCUT2D eigenvalue weighted by molar-refractivity contribution is 6.23. The molecule has 0 unspecified atom stereocenters. The van der Waals surface area contributed by atoms with Crippen LogP contribution in [0.2, 0.25) is 0 Å². The Morgan fingerprint density at radius 3 is 2.67 bits per heavy atom. The molecular weight excluding hydrogens is 148 g/mol. The van der Waals surface area contributed by atoms with E-state index in [1.807, 2.05) is 18.2 Å². The first kappa shape index (κ1) is 7.01. The lowest BCUT2D eigenvalue weighted by atomic mass is 10.1. The van der Waals surface area contributed by atoms with Gasteiger partial charge in [-0.2, -0.15) is 0 Å². The van der Waals surface area contributed by atoms with Crippen LogP contribution in [0.1, 0.15) is 5.56 Å². The number of hydrogen-bond acceptors (Lipinski definition) is 1. The predicted molar refractivity (Wildman–Crippen MR) is 51.8 cm³/mol. The molecule has 0 saturated heterocycles. The highest BCUT2D eigenvalue weighted by Crippen LogP contribution is 2.00. The molecule has 58 valence electrons. The number of aliphatic imine (C=N–C) groups is 1. The van der Waals surface area contributed by atoms with Crippen LogP contribution < -0.4 is 4.67 Å². The van der Waals surface area contributed by atoms with Crippen LogP contribution in [0, 0.1) is 0 Å². The van der Waals surface area contributed by atoms with Crippen molar-refractivity contribution in [3.63, 3.8) is 0 Å². The largest absolute Gasteiger partial charge is 0.394 e. The predicted octanol–water partition coefficient (Wildman–Crippen LogP) is 0.850. The number of rotatable bonds is 2. The third kappa shape index (κ3) is 1.49. The van der Waals surface area contributed by atoms with Gasteiger partial charge in [-0.25, -0.2) is 4.67 Å². The number of amidine groups is 1. The first-order chi connectivity index (χ1) is 5.95. The summed E-state index contributed by atoms with van der Waals surface area (Å²) in [6.45, 7) is 0. The minimum Gasteiger partial charge on any atom is -0.208 e. The Morgan fingerprint density at radius 2 is 2.00 bits per heavy atom. The Kier molecular flexibility index (Phi) is 1.85. The molecule has 1 aliphatic heterocycles. The molecule has 1 aromatic rings. The van der Waals surface area contributed by atoms with Crippen molar-refractivity contribution in [3.05, 3.63) is 35.9 Å². The molecule has 0 N–H and O–H groups in total. The van der Waals surface area contributed by atoms with E-state index in [1.54, 1.807) is 12.4 Å². The van der Waals surface area contributed by atoms with Crippen LogP contribution in [0.4, 0.5) is 0 Å². The maximum atomic E-state index is 4.10. The summed E-state index contributed by atoms with van der Waals surface area (Å²) in [4.78, 5) is 4.10. The van der Waals surface area contributed by atoms with E-state index >= 15 is 0 Å². The molecule has 0 aliphatic carbocycles. The third-order valence-electron chi connectivity index (χ3n) is 1.72. The Hall–Kier alpha value is -1.66. The molecule has 2 nitrogen and oxygen atoms in total. The van der Waals surface area contributed by atoms with Gasteiger partial charge >= 0.3 is 5.84 Å². The van der Waals surface area contributed by atoms with E-state index in [9.17, 15) is 0 Å². The van der Waals surface area contributed by atoms with Crippen molar-refractivity contribution in [2.75, 3.05) is 0 Å². The maximum absolute atomic E-state index is 4.10. The average molecular weight is 157 g/mol. The Labute approximate surface area is 71.0 Å². The van der Waals surface area contributed by atoms with Gasteiger partial charge in [0, 0.05) is 0 Å². The molecule has 0 spiro atoms. The van der Waals surface area contributed by atoms with E-state index in [4.69, 9.17) is 0 Å². The van der Waals surface area contributed by atoms with Crippen molar-refractivity contribution in [1.29, 1.82) is 0 Å². The van der Waals surface area contributed by atoms with Gasteiger partial charge in [0.25, 0.3) is 0 Å². The van der Waals surface area contributed by atoms with E-state index in [2.05, 4.69) is 21.8 Å². The van der Waals surface area contributed by atoms with Gasteiger partial charge < -0.3 is 0 Å². The second-order valence-corrected chi connectivity index (χ2v) is 2.63. The lowest BCUT2D eigenvalue weighted by Gasteiger charge is -1.90. The molecule has 2 heteroatoms. The van der Waals surface area contributed by atoms with Gasteiger partial charge in [0.05, 0.1) is 6.42 Å². The van der Waals surface area contributed by atoms with Crippen LogP contribution in [-0.2, 0) is 6.42 Å². The smallest absolute Gasteiger partial charge is 0.208 e. The van der Waals surface area contributed by atoms with Crippen LogP contribution in [-0.4, -0.2) is 18.3 Å². The van der Waals surface area contributed by atoms with Crippen molar-refractivity contribution in [1.82, 2.24) is 4.67 Å². The average Bonchev–Trinajstić information content (AvgIpc) is 2.59. The first-order valence-electron chi connectivity index (χ1n) is 3.91. The fourth-order valence-corrected chi connectivity index (χ4v) is 1.14. The second-order valence-electron chi connectivity index (χ2n) is 2.63. The first-order valence-corrected chi connectivity index (χ1v) is 3.91. The second kappa shape index (κ2) is 3.16. The van der Waals surface area contributed by atoms with Crippen molar-refractivity contribution >= 4 is 18.3 Å². The van der Waals surface area contributed by atoms with Crippen LogP contribution in [0.3, 0.4) is 0 Å². The summed E-state index contributed by atoms with van der Waals surface area (Å²) in [6, 6.07) is 10.2. The van der Waals surface area contributed by atoms with Crippen molar-refractivity contribution in [3.8, 4) is 0 Å². The van der Waals surface area contributed by atoms with Gasteiger partial charge in [0.2, 0.25) is 6.21 Å². The minimum atomic E-state index is 0.827.